The fourth-order valence-corrected chi connectivity index (χ4v) is 3.22. The molecule has 0 bridgehead atoms. The molecule has 0 heterocycles. The van der Waals surface area contributed by atoms with Crippen molar-refractivity contribution in [3.8, 4) is 0 Å². The standard InChI is InChI=1S/C11H14N2O6S/c1-7-4-5-9(13(16)17)11(8(7)2)20(18,19)12(3)6-10(14)15/h4-5H,6H2,1-3H3,(H,14,15). The van der Waals surface area contributed by atoms with Crippen LogP contribution in [0.4, 0.5) is 5.69 Å². The molecule has 0 aliphatic carbocycles. The summed E-state index contributed by atoms with van der Waals surface area (Å²) in [6.45, 7) is 2.30. The highest BCUT2D eigenvalue weighted by Crippen LogP contribution is 2.31. The summed E-state index contributed by atoms with van der Waals surface area (Å²) in [7, 11) is -3.19. The van der Waals surface area contributed by atoms with Gasteiger partial charge in [-0.3, -0.25) is 14.9 Å². The first-order chi connectivity index (χ1) is 9.09. The van der Waals surface area contributed by atoms with E-state index in [1.165, 1.54) is 13.0 Å². The van der Waals surface area contributed by atoms with E-state index in [0.717, 1.165) is 13.1 Å². The zero-order valence-corrected chi connectivity index (χ0v) is 12.0. The van der Waals surface area contributed by atoms with Crippen LogP contribution in [0.3, 0.4) is 0 Å². The number of carboxylic acid groups (broad SMARTS) is 1. The number of nitro benzene ring substituents is 1. The number of likely N-dealkylation sites (N-methyl/N-ethyl adjacent to an activating group) is 1. The molecule has 0 fully saturated rings. The molecule has 20 heavy (non-hydrogen) atoms. The van der Waals surface area contributed by atoms with Crippen molar-refractivity contribution in [2.24, 2.45) is 0 Å². The summed E-state index contributed by atoms with van der Waals surface area (Å²) in [6, 6.07) is 2.55. The third-order valence-electron chi connectivity index (χ3n) is 2.88. The SMILES string of the molecule is Cc1ccc([N+](=O)[O-])c(S(=O)(=O)N(C)CC(=O)O)c1C. The lowest BCUT2D eigenvalue weighted by Crippen LogP contribution is -2.33. The van der Waals surface area contributed by atoms with Crippen molar-refractivity contribution in [1.82, 2.24) is 4.31 Å². The molecule has 0 amide bonds. The van der Waals surface area contributed by atoms with Crippen LogP contribution in [0.25, 0.3) is 0 Å². The molecule has 0 atom stereocenters. The number of hydrogen-bond acceptors (Lipinski definition) is 5. The van der Waals surface area contributed by atoms with Crippen LogP contribution in [0.1, 0.15) is 11.1 Å². The van der Waals surface area contributed by atoms with Crippen LogP contribution in [-0.4, -0.2) is 42.3 Å². The second-order valence-electron chi connectivity index (χ2n) is 4.27. The first-order valence-corrected chi connectivity index (χ1v) is 6.95. The molecule has 1 rings (SSSR count). The molecule has 0 aliphatic heterocycles. The van der Waals surface area contributed by atoms with Gasteiger partial charge in [-0.1, -0.05) is 6.07 Å². The Morgan fingerprint density at radius 1 is 1.40 bits per heavy atom. The van der Waals surface area contributed by atoms with E-state index in [1.807, 2.05) is 0 Å². The molecule has 0 saturated carbocycles. The van der Waals surface area contributed by atoms with E-state index in [9.17, 15) is 23.3 Å². The molecule has 9 heteroatoms. The molecule has 0 radical (unpaired) electrons. The minimum atomic E-state index is -4.25. The maximum atomic E-state index is 12.3. The number of aliphatic carboxylic acids is 1. The van der Waals surface area contributed by atoms with E-state index >= 15 is 0 Å². The Bertz CT molecular complexity index is 668. The summed E-state index contributed by atoms with van der Waals surface area (Å²) in [6.07, 6.45) is 0. The maximum Gasteiger partial charge on any atom is 0.318 e. The molecule has 1 aromatic carbocycles. The van der Waals surface area contributed by atoms with E-state index in [1.54, 1.807) is 6.92 Å². The van der Waals surface area contributed by atoms with Crippen LogP contribution in [0.2, 0.25) is 0 Å². The van der Waals surface area contributed by atoms with Gasteiger partial charge in [0.15, 0.2) is 4.90 Å². The summed E-state index contributed by atoms with van der Waals surface area (Å²) in [5, 5.41) is 19.6. The number of carboxylic acids is 1. The molecule has 0 spiro atoms. The van der Waals surface area contributed by atoms with Gasteiger partial charge in [-0.2, -0.15) is 4.31 Å². The zero-order valence-electron chi connectivity index (χ0n) is 11.2. The van der Waals surface area contributed by atoms with Crippen LogP contribution < -0.4 is 0 Å². The van der Waals surface area contributed by atoms with Crippen LogP contribution >= 0.6 is 0 Å². The summed E-state index contributed by atoms with van der Waals surface area (Å²) < 4.78 is 25.2. The van der Waals surface area contributed by atoms with Gasteiger partial charge < -0.3 is 5.11 Å². The minimum Gasteiger partial charge on any atom is -0.480 e. The molecule has 8 nitrogen and oxygen atoms in total. The number of benzene rings is 1. The molecular formula is C11H14N2O6S. The predicted octanol–water partition coefficient (Wildman–Crippen LogP) is 0.917. The second-order valence-corrected chi connectivity index (χ2v) is 6.25. The Morgan fingerprint density at radius 2 is 1.95 bits per heavy atom. The highest BCUT2D eigenvalue weighted by Gasteiger charge is 2.32. The molecule has 0 unspecified atom stereocenters. The largest absolute Gasteiger partial charge is 0.480 e. The molecular weight excluding hydrogens is 288 g/mol. The number of nitrogens with zero attached hydrogens (tertiary/aromatic N) is 2. The van der Waals surface area contributed by atoms with Gasteiger partial charge in [0.2, 0.25) is 10.0 Å². The summed E-state index contributed by atoms with van der Waals surface area (Å²) in [5.41, 5.74) is 0.236. The van der Waals surface area contributed by atoms with E-state index < -0.39 is 38.0 Å². The maximum absolute atomic E-state index is 12.3. The Morgan fingerprint density at radius 3 is 2.40 bits per heavy atom. The molecule has 0 aromatic heterocycles. The van der Waals surface area contributed by atoms with Gasteiger partial charge in [-0.25, -0.2) is 8.42 Å². The summed E-state index contributed by atoms with van der Waals surface area (Å²) in [5.74, 6) is -1.34. The van der Waals surface area contributed by atoms with Gasteiger partial charge in [-0.15, -0.1) is 0 Å². The number of nitro groups is 1. The molecule has 1 aromatic rings. The zero-order chi connectivity index (χ0) is 15.7. The topological polar surface area (TPSA) is 118 Å². The average Bonchev–Trinajstić information content (AvgIpc) is 2.30. The summed E-state index contributed by atoms with van der Waals surface area (Å²) in [4.78, 5) is 20.3. The van der Waals surface area contributed by atoms with Crippen molar-refractivity contribution in [1.29, 1.82) is 0 Å². The average molecular weight is 302 g/mol. The van der Waals surface area contributed by atoms with Gasteiger partial charge >= 0.3 is 5.97 Å². The molecule has 0 saturated heterocycles. The predicted molar refractivity (Wildman–Crippen MR) is 70.0 cm³/mol. The lowest BCUT2D eigenvalue weighted by molar-refractivity contribution is -0.388. The van der Waals surface area contributed by atoms with Gasteiger partial charge in [0.05, 0.1) is 4.92 Å². The molecule has 0 aliphatic rings. The highest BCUT2D eigenvalue weighted by molar-refractivity contribution is 7.89. The third-order valence-corrected chi connectivity index (χ3v) is 4.86. The highest BCUT2D eigenvalue weighted by atomic mass is 32.2. The van der Waals surface area contributed by atoms with E-state index in [4.69, 9.17) is 5.11 Å². The van der Waals surface area contributed by atoms with Gasteiger partial charge in [0.1, 0.15) is 6.54 Å². The lowest BCUT2D eigenvalue weighted by Gasteiger charge is -2.17. The van der Waals surface area contributed by atoms with Crippen molar-refractivity contribution in [3.63, 3.8) is 0 Å². The minimum absolute atomic E-state index is 0.233. The van der Waals surface area contributed by atoms with E-state index in [-0.39, 0.29) is 5.56 Å². The fourth-order valence-electron chi connectivity index (χ4n) is 1.68. The Kier molecular flexibility index (Phi) is 4.46. The third kappa shape index (κ3) is 2.94. The normalized spacial score (nSPS) is 11.6. The fraction of sp³-hybridized carbons (Fsp3) is 0.364. The van der Waals surface area contributed by atoms with Crippen molar-refractivity contribution < 1.29 is 23.2 Å². The Labute approximate surface area is 115 Å². The molecule has 110 valence electrons. The Balaban J connectivity index is 3.55. The van der Waals surface area contributed by atoms with Crippen molar-refractivity contribution in [2.75, 3.05) is 13.6 Å². The van der Waals surface area contributed by atoms with E-state index in [0.29, 0.717) is 9.87 Å². The van der Waals surface area contributed by atoms with Crippen LogP contribution in [0.15, 0.2) is 17.0 Å². The quantitative estimate of drug-likeness (QED) is 0.638. The van der Waals surface area contributed by atoms with Crippen molar-refractivity contribution >= 4 is 21.7 Å². The van der Waals surface area contributed by atoms with Gasteiger partial charge in [-0.05, 0) is 25.0 Å². The van der Waals surface area contributed by atoms with Crippen LogP contribution in [-0.2, 0) is 14.8 Å². The van der Waals surface area contributed by atoms with Gasteiger partial charge in [0, 0.05) is 13.1 Å². The first-order valence-electron chi connectivity index (χ1n) is 5.51. The van der Waals surface area contributed by atoms with Crippen molar-refractivity contribution in [3.05, 3.63) is 33.4 Å². The van der Waals surface area contributed by atoms with Crippen molar-refractivity contribution in [2.45, 2.75) is 18.7 Å². The second kappa shape index (κ2) is 5.55. The van der Waals surface area contributed by atoms with Crippen LogP contribution in [0.5, 0.6) is 0 Å². The van der Waals surface area contributed by atoms with Crippen LogP contribution in [0, 0.1) is 24.0 Å². The monoisotopic (exact) mass is 302 g/mol. The van der Waals surface area contributed by atoms with Gasteiger partial charge in [0.25, 0.3) is 5.69 Å². The molecule has 1 N–H and O–H groups in total. The number of carbonyl (C=O) groups is 1. The summed E-state index contributed by atoms with van der Waals surface area (Å²) >= 11 is 0. The lowest BCUT2D eigenvalue weighted by atomic mass is 10.1. The number of hydrogen-bond donors (Lipinski definition) is 1. The number of sulfonamides is 1. The first kappa shape index (κ1) is 16.1. The number of aryl methyl sites for hydroxylation is 1. The Hall–Kier alpha value is -2.00. The smallest absolute Gasteiger partial charge is 0.318 e. The number of rotatable bonds is 5. The van der Waals surface area contributed by atoms with E-state index in [2.05, 4.69) is 0 Å².